The summed E-state index contributed by atoms with van der Waals surface area (Å²) in [6, 6.07) is 9.26. The Bertz CT molecular complexity index is 686. The Labute approximate surface area is 114 Å². The maximum Gasteiger partial charge on any atom is 0.335 e. The van der Waals surface area contributed by atoms with Gasteiger partial charge in [0.05, 0.1) is 5.56 Å². The molecule has 0 bridgehead atoms. The zero-order chi connectivity index (χ0) is 14.5. The Morgan fingerprint density at radius 1 is 1.05 bits per heavy atom. The van der Waals surface area contributed by atoms with Crippen molar-refractivity contribution in [1.29, 1.82) is 0 Å². The van der Waals surface area contributed by atoms with Crippen molar-refractivity contribution in [2.75, 3.05) is 10.6 Å². The van der Waals surface area contributed by atoms with E-state index in [0.29, 0.717) is 11.4 Å². The van der Waals surface area contributed by atoms with Gasteiger partial charge in [-0.25, -0.2) is 4.79 Å². The van der Waals surface area contributed by atoms with E-state index < -0.39 is 11.5 Å². The molecule has 0 aliphatic carbocycles. The first-order valence-electron chi connectivity index (χ1n) is 5.82. The van der Waals surface area contributed by atoms with Crippen LogP contribution in [0.15, 0.2) is 51.9 Å². The van der Waals surface area contributed by atoms with Crippen LogP contribution >= 0.6 is 0 Å². The second kappa shape index (κ2) is 5.83. The summed E-state index contributed by atoms with van der Waals surface area (Å²) in [4.78, 5) is 33.7. The largest absolute Gasteiger partial charge is 0.430 e. The SMILES string of the molecule is CC(=O)Nc1cccc(NC(=O)c2ccc(=O)oc2)c1. The van der Waals surface area contributed by atoms with E-state index in [1.54, 1.807) is 24.3 Å². The number of carbonyl (C=O) groups excluding carboxylic acids is 2. The van der Waals surface area contributed by atoms with Gasteiger partial charge in [-0.15, -0.1) is 0 Å². The molecule has 0 atom stereocenters. The lowest BCUT2D eigenvalue weighted by molar-refractivity contribution is -0.114. The lowest BCUT2D eigenvalue weighted by Crippen LogP contribution is -2.13. The van der Waals surface area contributed by atoms with Gasteiger partial charge in [0.2, 0.25) is 5.91 Å². The topological polar surface area (TPSA) is 88.4 Å². The van der Waals surface area contributed by atoms with Gasteiger partial charge < -0.3 is 15.1 Å². The van der Waals surface area contributed by atoms with E-state index in [1.165, 1.54) is 19.1 Å². The summed E-state index contributed by atoms with van der Waals surface area (Å²) >= 11 is 0. The Morgan fingerprint density at radius 3 is 2.35 bits per heavy atom. The third-order valence-electron chi connectivity index (χ3n) is 2.40. The highest BCUT2D eigenvalue weighted by Gasteiger charge is 2.07. The molecule has 20 heavy (non-hydrogen) atoms. The van der Waals surface area contributed by atoms with Crippen LogP contribution in [0.1, 0.15) is 17.3 Å². The molecular formula is C14H12N2O4. The van der Waals surface area contributed by atoms with Gasteiger partial charge in [0, 0.05) is 24.4 Å². The van der Waals surface area contributed by atoms with Crippen molar-refractivity contribution >= 4 is 23.2 Å². The van der Waals surface area contributed by atoms with E-state index in [9.17, 15) is 14.4 Å². The number of nitrogens with one attached hydrogen (secondary N) is 2. The predicted molar refractivity (Wildman–Crippen MR) is 73.7 cm³/mol. The smallest absolute Gasteiger partial charge is 0.335 e. The van der Waals surface area contributed by atoms with Crippen LogP contribution in [0.5, 0.6) is 0 Å². The Hall–Kier alpha value is -2.89. The zero-order valence-corrected chi connectivity index (χ0v) is 10.7. The van der Waals surface area contributed by atoms with Crippen LogP contribution < -0.4 is 16.3 Å². The van der Waals surface area contributed by atoms with Gasteiger partial charge in [0.1, 0.15) is 6.26 Å². The minimum atomic E-state index is -0.519. The molecule has 2 N–H and O–H groups in total. The zero-order valence-electron chi connectivity index (χ0n) is 10.7. The van der Waals surface area contributed by atoms with Gasteiger partial charge in [0.15, 0.2) is 0 Å². The number of hydrogen-bond acceptors (Lipinski definition) is 4. The second-order valence-corrected chi connectivity index (χ2v) is 4.06. The number of rotatable bonds is 3. The van der Waals surface area contributed by atoms with Gasteiger partial charge in [-0.05, 0) is 24.3 Å². The highest BCUT2D eigenvalue weighted by atomic mass is 16.4. The van der Waals surface area contributed by atoms with Gasteiger partial charge in [0.25, 0.3) is 5.91 Å². The summed E-state index contributed by atoms with van der Waals surface area (Å²) in [5.41, 5.74) is 0.811. The fourth-order valence-corrected chi connectivity index (χ4v) is 1.57. The minimum Gasteiger partial charge on any atom is -0.430 e. The molecule has 0 saturated carbocycles. The van der Waals surface area contributed by atoms with Gasteiger partial charge in [-0.2, -0.15) is 0 Å². The van der Waals surface area contributed by atoms with Crippen molar-refractivity contribution in [3.8, 4) is 0 Å². The summed E-state index contributed by atoms with van der Waals surface area (Å²) in [6.07, 6.45) is 1.09. The maximum atomic E-state index is 11.9. The molecule has 2 amide bonds. The third-order valence-corrected chi connectivity index (χ3v) is 2.40. The first kappa shape index (κ1) is 13.5. The molecule has 2 rings (SSSR count). The first-order chi connectivity index (χ1) is 9.54. The van der Waals surface area contributed by atoms with Crippen molar-refractivity contribution in [2.24, 2.45) is 0 Å². The van der Waals surface area contributed by atoms with Crippen molar-refractivity contribution in [3.63, 3.8) is 0 Å². The normalized spacial score (nSPS) is 9.85. The molecule has 0 aliphatic rings. The average Bonchev–Trinajstić information content (AvgIpc) is 2.39. The van der Waals surface area contributed by atoms with Crippen molar-refractivity contribution in [3.05, 3.63) is 58.6 Å². The molecule has 0 aliphatic heterocycles. The Balaban J connectivity index is 2.13. The van der Waals surface area contributed by atoms with Crippen LogP contribution in [0.2, 0.25) is 0 Å². The first-order valence-corrected chi connectivity index (χ1v) is 5.82. The molecule has 0 fully saturated rings. The fourth-order valence-electron chi connectivity index (χ4n) is 1.57. The summed E-state index contributed by atoms with van der Waals surface area (Å²) in [7, 11) is 0. The number of carbonyl (C=O) groups is 2. The van der Waals surface area contributed by atoms with E-state index in [1.807, 2.05) is 0 Å². The molecule has 2 aromatic rings. The highest BCUT2D eigenvalue weighted by Crippen LogP contribution is 2.15. The number of hydrogen-bond donors (Lipinski definition) is 2. The van der Waals surface area contributed by atoms with Crippen molar-refractivity contribution < 1.29 is 14.0 Å². The molecule has 6 nitrogen and oxygen atoms in total. The van der Waals surface area contributed by atoms with Gasteiger partial charge in [-0.3, -0.25) is 9.59 Å². The average molecular weight is 272 g/mol. The highest BCUT2D eigenvalue weighted by molar-refractivity contribution is 6.04. The molecule has 1 aromatic carbocycles. The van der Waals surface area contributed by atoms with Crippen molar-refractivity contribution in [1.82, 2.24) is 0 Å². The summed E-state index contributed by atoms with van der Waals surface area (Å²) in [5.74, 6) is -0.605. The lowest BCUT2D eigenvalue weighted by atomic mass is 10.2. The Morgan fingerprint density at radius 2 is 1.75 bits per heavy atom. The summed E-state index contributed by atoms with van der Waals surface area (Å²) in [6.45, 7) is 1.40. The third kappa shape index (κ3) is 3.55. The van der Waals surface area contributed by atoms with E-state index in [2.05, 4.69) is 15.1 Å². The lowest BCUT2D eigenvalue weighted by Gasteiger charge is -2.07. The second-order valence-electron chi connectivity index (χ2n) is 4.06. The van der Waals surface area contributed by atoms with E-state index in [4.69, 9.17) is 0 Å². The number of benzene rings is 1. The maximum absolute atomic E-state index is 11.9. The Kier molecular flexibility index (Phi) is 3.95. The van der Waals surface area contributed by atoms with E-state index in [-0.39, 0.29) is 11.5 Å². The van der Waals surface area contributed by atoms with Crippen molar-refractivity contribution in [2.45, 2.75) is 6.92 Å². The molecular weight excluding hydrogens is 260 g/mol. The van der Waals surface area contributed by atoms with Crippen LogP contribution in [-0.2, 0) is 4.79 Å². The van der Waals surface area contributed by atoms with Crippen LogP contribution in [0.25, 0.3) is 0 Å². The van der Waals surface area contributed by atoms with E-state index >= 15 is 0 Å². The predicted octanol–water partition coefficient (Wildman–Crippen LogP) is 1.85. The summed E-state index contributed by atoms with van der Waals surface area (Å²) in [5, 5.41) is 5.25. The molecule has 0 spiro atoms. The molecule has 0 saturated heterocycles. The monoisotopic (exact) mass is 272 g/mol. The van der Waals surface area contributed by atoms with Crippen LogP contribution in [0.4, 0.5) is 11.4 Å². The molecule has 1 heterocycles. The number of amides is 2. The molecule has 6 heteroatoms. The van der Waals surface area contributed by atoms with Crippen LogP contribution in [-0.4, -0.2) is 11.8 Å². The fraction of sp³-hybridized carbons (Fsp3) is 0.0714. The standard InChI is InChI=1S/C14H12N2O4/c1-9(17)15-11-3-2-4-12(7-11)16-14(19)10-5-6-13(18)20-8-10/h2-8H,1H3,(H,15,17)(H,16,19). The molecule has 102 valence electrons. The van der Waals surface area contributed by atoms with Gasteiger partial charge in [-0.1, -0.05) is 6.07 Å². The summed E-state index contributed by atoms with van der Waals surface area (Å²) < 4.78 is 4.62. The molecule has 0 unspecified atom stereocenters. The quantitative estimate of drug-likeness (QED) is 0.892. The van der Waals surface area contributed by atoms with E-state index in [0.717, 1.165) is 6.26 Å². The van der Waals surface area contributed by atoms with Gasteiger partial charge >= 0.3 is 5.63 Å². The minimum absolute atomic E-state index is 0.196. The van der Waals surface area contributed by atoms with Crippen LogP contribution in [0, 0.1) is 0 Å². The van der Waals surface area contributed by atoms with Crippen LogP contribution in [0.3, 0.4) is 0 Å². The molecule has 0 radical (unpaired) electrons. The number of anilines is 2. The molecule has 1 aromatic heterocycles.